The molecule has 7 nitrogen and oxygen atoms in total. The van der Waals surface area contributed by atoms with Crippen molar-refractivity contribution in [3.63, 3.8) is 0 Å². The Morgan fingerprint density at radius 1 is 1.38 bits per heavy atom. The number of hydrogen-bond acceptors (Lipinski definition) is 6. The van der Waals surface area contributed by atoms with Crippen molar-refractivity contribution in [2.24, 2.45) is 0 Å². The molecule has 0 radical (unpaired) electrons. The summed E-state index contributed by atoms with van der Waals surface area (Å²) in [6.45, 7) is 5.21. The summed E-state index contributed by atoms with van der Waals surface area (Å²) in [5.41, 5.74) is 6.03. The van der Waals surface area contributed by atoms with Gasteiger partial charge < -0.3 is 20.5 Å². The summed E-state index contributed by atoms with van der Waals surface area (Å²) in [6, 6.07) is 2.48. The Morgan fingerprint density at radius 3 is 2.52 bits per heavy atom. The first-order chi connectivity index (χ1) is 9.71. The quantitative estimate of drug-likeness (QED) is 0.811. The van der Waals surface area contributed by atoms with Gasteiger partial charge in [0.15, 0.2) is 0 Å². The van der Waals surface area contributed by atoms with Crippen LogP contribution in [0.1, 0.15) is 26.5 Å². The van der Waals surface area contributed by atoms with Gasteiger partial charge in [-0.1, -0.05) is 0 Å². The van der Waals surface area contributed by atoms with Crippen molar-refractivity contribution < 1.29 is 19.1 Å². The number of methoxy groups -OCH3 is 1. The summed E-state index contributed by atoms with van der Waals surface area (Å²) >= 11 is 0. The predicted octanol–water partition coefficient (Wildman–Crippen LogP) is 1.27. The minimum Gasteiger partial charge on any atom is -0.467 e. The molecular weight excluding hydrogens is 274 g/mol. The van der Waals surface area contributed by atoms with Gasteiger partial charge in [-0.15, -0.1) is 0 Å². The molecule has 0 aliphatic rings. The average molecular weight is 295 g/mol. The number of nitrogen functional groups attached to an aromatic ring is 1. The Bertz CT molecular complexity index is 494. The van der Waals surface area contributed by atoms with Crippen molar-refractivity contribution in [3.8, 4) is 0 Å². The summed E-state index contributed by atoms with van der Waals surface area (Å²) in [5.74, 6) is -0.570. The van der Waals surface area contributed by atoms with E-state index in [-0.39, 0.29) is 6.42 Å². The molecule has 7 heteroatoms. The lowest BCUT2D eigenvalue weighted by Crippen LogP contribution is -2.45. The van der Waals surface area contributed by atoms with Gasteiger partial charge in [-0.3, -0.25) is 4.98 Å². The van der Waals surface area contributed by atoms with Gasteiger partial charge in [0.1, 0.15) is 11.6 Å². The molecule has 0 aromatic carbocycles. The molecule has 0 bridgehead atoms. The highest BCUT2D eigenvalue weighted by Gasteiger charge is 2.25. The topological polar surface area (TPSA) is 104 Å². The second kappa shape index (κ2) is 6.92. The highest BCUT2D eigenvalue weighted by molar-refractivity contribution is 5.81. The molecule has 0 aliphatic carbocycles. The lowest BCUT2D eigenvalue weighted by atomic mass is 10.1. The molecule has 0 aliphatic heterocycles. The minimum atomic E-state index is -0.874. The lowest BCUT2D eigenvalue weighted by Gasteiger charge is -2.22. The van der Waals surface area contributed by atoms with E-state index >= 15 is 0 Å². The number of carbonyl (C=O) groups is 2. The van der Waals surface area contributed by atoms with Gasteiger partial charge in [0.2, 0.25) is 0 Å². The van der Waals surface area contributed by atoms with Gasteiger partial charge in [0.05, 0.1) is 19.0 Å². The number of nitrogens with zero attached hydrogens (tertiary/aromatic N) is 1. The maximum absolute atomic E-state index is 11.8. The third kappa shape index (κ3) is 6.11. The molecule has 3 N–H and O–H groups in total. The molecule has 1 heterocycles. The molecule has 0 saturated carbocycles. The first-order valence-electron chi connectivity index (χ1n) is 6.49. The van der Waals surface area contributed by atoms with Crippen LogP contribution in [0.4, 0.5) is 10.5 Å². The summed E-state index contributed by atoms with van der Waals surface area (Å²) in [5, 5.41) is 2.48. The number of anilines is 1. The van der Waals surface area contributed by atoms with E-state index in [1.807, 2.05) is 0 Å². The Morgan fingerprint density at radius 2 is 2.05 bits per heavy atom. The van der Waals surface area contributed by atoms with Crippen molar-refractivity contribution in [2.75, 3.05) is 12.8 Å². The van der Waals surface area contributed by atoms with Crippen LogP contribution in [-0.2, 0) is 20.7 Å². The number of amides is 1. The van der Waals surface area contributed by atoms with Gasteiger partial charge in [-0.2, -0.15) is 0 Å². The van der Waals surface area contributed by atoms with Crippen LogP contribution in [0, 0.1) is 0 Å². The zero-order valence-corrected chi connectivity index (χ0v) is 12.7. The molecule has 1 atom stereocenters. The van der Waals surface area contributed by atoms with Crippen molar-refractivity contribution in [1.29, 1.82) is 0 Å². The van der Waals surface area contributed by atoms with Crippen LogP contribution >= 0.6 is 0 Å². The number of ether oxygens (including phenoxy) is 2. The second-order valence-electron chi connectivity index (χ2n) is 5.51. The van der Waals surface area contributed by atoms with E-state index in [0.717, 1.165) is 0 Å². The molecule has 1 aromatic rings. The maximum Gasteiger partial charge on any atom is 0.408 e. The third-order valence-corrected chi connectivity index (χ3v) is 2.44. The number of esters is 1. The number of carbonyl (C=O) groups excluding carboxylic acids is 2. The van der Waals surface area contributed by atoms with Gasteiger partial charge in [0.25, 0.3) is 0 Å². The second-order valence-corrected chi connectivity index (χ2v) is 5.51. The average Bonchev–Trinajstić information content (AvgIpc) is 2.37. The van der Waals surface area contributed by atoms with Crippen LogP contribution in [0.2, 0.25) is 0 Å². The van der Waals surface area contributed by atoms with Gasteiger partial charge in [-0.05, 0) is 32.9 Å². The van der Waals surface area contributed by atoms with Gasteiger partial charge >= 0.3 is 12.1 Å². The normalized spacial score (nSPS) is 12.4. The van der Waals surface area contributed by atoms with E-state index in [1.165, 1.54) is 13.3 Å². The smallest absolute Gasteiger partial charge is 0.408 e. The van der Waals surface area contributed by atoms with Crippen molar-refractivity contribution in [3.05, 3.63) is 24.0 Å². The zero-order chi connectivity index (χ0) is 16.0. The standard InChI is InChI=1S/C14H21N3O4/c1-14(2,3)21-13(19)17-11(12(18)20-4)7-10-6-5-9(15)8-16-10/h5-6,8,11H,7,15H2,1-4H3,(H,17,19). The number of nitrogens with two attached hydrogens (primary N) is 1. The fraction of sp³-hybridized carbons (Fsp3) is 0.500. The van der Waals surface area contributed by atoms with Gasteiger partial charge in [-0.25, -0.2) is 9.59 Å². The molecule has 1 unspecified atom stereocenters. The van der Waals surface area contributed by atoms with E-state index < -0.39 is 23.7 Å². The minimum absolute atomic E-state index is 0.187. The van der Waals surface area contributed by atoms with Crippen LogP contribution in [0.5, 0.6) is 0 Å². The SMILES string of the molecule is COC(=O)C(Cc1ccc(N)cn1)NC(=O)OC(C)(C)C. The van der Waals surface area contributed by atoms with E-state index in [4.69, 9.17) is 10.5 Å². The first kappa shape index (κ1) is 16.7. The predicted molar refractivity (Wildman–Crippen MR) is 77.5 cm³/mol. The van der Waals surface area contributed by atoms with E-state index in [2.05, 4.69) is 15.0 Å². The summed E-state index contributed by atoms with van der Waals surface area (Å²) in [4.78, 5) is 27.6. The zero-order valence-electron chi connectivity index (χ0n) is 12.7. The molecule has 21 heavy (non-hydrogen) atoms. The highest BCUT2D eigenvalue weighted by atomic mass is 16.6. The van der Waals surface area contributed by atoms with Crippen LogP contribution in [-0.4, -0.2) is 35.8 Å². The van der Waals surface area contributed by atoms with E-state index in [1.54, 1.807) is 32.9 Å². The maximum atomic E-state index is 11.8. The number of pyridine rings is 1. The summed E-state index contributed by atoms with van der Waals surface area (Å²) in [7, 11) is 1.25. The Hall–Kier alpha value is -2.31. The molecule has 1 rings (SSSR count). The van der Waals surface area contributed by atoms with Crippen LogP contribution < -0.4 is 11.1 Å². The lowest BCUT2D eigenvalue weighted by molar-refractivity contribution is -0.143. The number of nitrogens with one attached hydrogen (secondary N) is 1. The number of rotatable bonds is 4. The molecule has 0 fully saturated rings. The highest BCUT2D eigenvalue weighted by Crippen LogP contribution is 2.09. The summed E-state index contributed by atoms with van der Waals surface area (Å²) in [6.07, 6.45) is 0.983. The van der Waals surface area contributed by atoms with E-state index in [0.29, 0.717) is 11.4 Å². The van der Waals surface area contributed by atoms with Gasteiger partial charge in [0, 0.05) is 12.1 Å². The Labute approximate surface area is 123 Å². The molecular formula is C14H21N3O4. The molecule has 0 saturated heterocycles. The molecule has 1 aromatic heterocycles. The molecule has 0 spiro atoms. The van der Waals surface area contributed by atoms with Crippen molar-refractivity contribution >= 4 is 17.7 Å². The van der Waals surface area contributed by atoms with Crippen LogP contribution in [0.3, 0.4) is 0 Å². The number of hydrogen-bond donors (Lipinski definition) is 2. The Balaban J connectivity index is 2.74. The van der Waals surface area contributed by atoms with Crippen LogP contribution in [0.15, 0.2) is 18.3 Å². The Kier molecular flexibility index (Phi) is 5.52. The fourth-order valence-electron chi connectivity index (χ4n) is 1.55. The summed E-state index contributed by atoms with van der Waals surface area (Å²) < 4.78 is 9.80. The number of aromatic nitrogens is 1. The van der Waals surface area contributed by atoms with E-state index in [9.17, 15) is 9.59 Å². The van der Waals surface area contributed by atoms with Crippen molar-refractivity contribution in [1.82, 2.24) is 10.3 Å². The molecule has 1 amide bonds. The largest absolute Gasteiger partial charge is 0.467 e. The fourth-order valence-corrected chi connectivity index (χ4v) is 1.55. The number of alkyl carbamates (subject to hydrolysis) is 1. The van der Waals surface area contributed by atoms with Crippen LogP contribution in [0.25, 0.3) is 0 Å². The van der Waals surface area contributed by atoms with Crippen molar-refractivity contribution in [2.45, 2.75) is 38.8 Å². The monoisotopic (exact) mass is 295 g/mol. The molecule has 116 valence electrons. The first-order valence-corrected chi connectivity index (χ1v) is 6.49. The third-order valence-electron chi connectivity index (χ3n) is 2.44.